The molecule has 17 heavy (non-hydrogen) atoms. The minimum absolute atomic E-state index is 0.207. The van der Waals surface area contributed by atoms with E-state index in [-0.39, 0.29) is 5.95 Å². The van der Waals surface area contributed by atoms with E-state index in [0.29, 0.717) is 23.1 Å². The molecule has 3 N–H and O–H groups in total. The first-order valence-corrected chi connectivity index (χ1v) is 6.23. The van der Waals surface area contributed by atoms with Gasteiger partial charge in [-0.3, -0.25) is 4.90 Å². The monoisotopic (exact) mass is 255 g/mol. The second-order valence-electron chi connectivity index (χ2n) is 4.65. The van der Waals surface area contributed by atoms with E-state index in [1.807, 2.05) is 0 Å². The lowest BCUT2D eigenvalue weighted by atomic mass is 10.2. The van der Waals surface area contributed by atoms with Crippen LogP contribution in [-0.4, -0.2) is 40.0 Å². The van der Waals surface area contributed by atoms with Crippen LogP contribution in [0.25, 0.3) is 0 Å². The second-order valence-corrected chi connectivity index (χ2v) is 5.04. The molecule has 1 fully saturated rings. The Morgan fingerprint density at radius 2 is 2.29 bits per heavy atom. The van der Waals surface area contributed by atoms with E-state index >= 15 is 0 Å². The van der Waals surface area contributed by atoms with Crippen molar-refractivity contribution in [1.29, 1.82) is 0 Å². The van der Waals surface area contributed by atoms with Crippen LogP contribution in [0.2, 0.25) is 5.15 Å². The summed E-state index contributed by atoms with van der Waals surface area (Å²) in [5.74, 6) is 0.914. The Hall–Kier alpha value is -1.07. The Balaban J connectivity index is 1.98. The van der Waals surface area contributed by atoms with Gasteiger partial charge in [0.25, 0.3) is 0 Å². The average Bonchev–Trinajstić information content (AvgIpc) is 2.64. The van der Waals surface area contributed by atoms with E-state index in [4.69, 9.17) is 17.3 Å². The predicted molar refractivity (Wildman–Crippen MR) is 70.2 cm³/mol. The first-order valence-electron chi connectivity index (χ1n) is 5.85. The molecule has 1 aromatic heterocycles. The lowest BCUT2D eigenvalue weighted by molar-refractivity contribution is 0.274. The van der Waals surface area contributed by atoms with Crippen LogP contribution in [0.5, 0.6) is 0 Å². The molecule has 1 aliphatic heterocycles. The van der Waals surface area contributed by atoms with E-state index in [0.717, 1.165) is 19.5 Å². The summed E-state index contributed by atoms with van der Waals surface area (Å²) in [6.07, 6.45) is 1.11. The SMILES string of the molecule is CC(C)N1CC[C@H](Nc2cc(Cl)nc(N)n2)C1. The summed E-state index contributed by atoms with van der Waals surface area (Å²) in [6, 6.07) is 2.69. The van der Waals surface area contributed by atoms with E-state index in [1.165, 1.54) is 0 Å². The van der Waals surface area contributed by atoms with Crippen molar-refractivity contribution in [3.8, 4) is 0 Å². The van der Waals surface area contributed by atoms with Gasteiger partial charge in [-0.2, -0.15) is 4.98 Å². The summed E-state index contributed by atoms with van der Waals surface area (Å²) in [4.78, 5) is 10.4. The molecule has 5 nitrogen and oxygen atoms in total. The Kier molecular flexibility index (Phi) is 3.69. The maximum absolute atomic E-state index is 5.83. The molecule has 0 amide bonds. The highest BCUT2D eigenvalue weighted by Crippen LogP contribution is 2.18. The van der Waals surface area contributed by atoms with E-state index in [1.54, 1.807) is 6.07 Å². The fourth-order valence-corrected chi connectivity index (χ4v) is 2.28. The van der Waals surface area contributed by atoms with Crippen LogP contribution in [0.3, 0.4) is 0 Å². The van der Waals surface area contributed by atoms with Crippen molar-refractivity contribution in [3.63, 3.8) is 0 Å². The van der Waals surface area contributed by atoms with Crippen LogP contribution in [-0.2, 0) is 0 Å². The summed E-state index contributed by atoms with van der Waals surface area (Å²) in [6.45, 7) is 6.56. The molecule has 94 valence electrons. The van der Waals surface area contributed by atoms with Crippen molar-refractivity contribution in [2.45, 2.75) is 32.4 Å². The number of nitrogen functional groups attached to an aromatic ring is 1. The highest BCUT2D eigenvalue weighted by atomic mass is 35.5. The van der Waals surface area contributed by atoms with Crippen LogP contribution in [0.15, 0.2) is 6.07 Å². The molecule has 6 heteroatoms. The van der Waals surface area contributed by atoms with Crippen molar-refractivity contribution in [2.24, 2.45) is 0 Å². The zero-order chi connectivity index (χ0) is 12.4. The molecule has 0 radical (unpaired) electrons. The van der Waals surface area contributed by atoms with Crippen LogP contribution in [0, 0.1) is 0 Å². The third-order valence-electron chi connectivity index (χ3n) is 3.01. The number of anilines is 2. The molecule has 0 saturated carbocycles. The number of likely N-dealkylation sites (tertiary alicyclic amines) is 1. The zero-order valence-corrected chi connectivity index (χ0v) is 10.9. The maximum atomic E-state index is 5.83. The van der Waals surface area contributed by atoms with Gasteiger partial charge in [-0.15, -0.1) is 0 Å². The quantitative estimate of drug-likeness (QED) is 0.804. The van der Waals surface area contributed by atoms with Gasteiger partial charge in [0.1, 0.15) is 11.0 Å². The number of hydrogen-bond donors (Lipinski definition) is 2. The van der Waals surface area contributed by atoms with Crippen molar-refractivity contribution in [2.75, 3.05) is 24.1 Å². The van der Waals surface area contributed by atoms with E-state index in [9.17, 15) is 0 Å². The number of rotatable bonds is 3. The first-order chi connectivity index (χ1) is 8.04. The zero-order valence-electron chi connectivity index (χ0n) is 10.2. The van der Waals surface area contributed by atoms with Crippen LogP contribution in [0.4, 0.5) is 11.8 Å². The lowest BCUT2D eigenvalue weighted by Gasteiger charge is -2.20. The largest absolute Gasteiger partial charge is 0.368 e. The molecule has 0 unspecified atom stereocenters. The Morgan fingerprint density at radius 1 is 1.53 bits per heavy atom. The standard InChI is InChI=1S/C11H18ClN5/c1-7(2)17-4-3-8(6-17)14-10-5-9(12)15-11(13)16-10/h5,7-8H,3-4,6H2,1-2H3,(H3,13,14,15,16)/t8-/m0/s1. The summed E-state index contributed by atoms with van der Waals surface area (Å²) in [7, 11) is 0. The summed E-state index contributed by atoms with van der Waals surface area (Å²) in [5, 5.41) is 3.72. The van der Waals surface area contributed by atoms with E-state index in [2.05, 4.69) is 34.0 Å². The minimum atomic E-state index is 0.207. The maximum Gasteiger partial charge on any atom is 0.223 e. The van der Waals surface area contributed by atoms with Crippen LogP contribution >= 0.6 is 11.6 Å². The topological polar surface area (TPSA) is 67.1 Å². The minimum Gasteiger partial charge on any atom is -0.368 e. The van der Waals surface area contributed by atoms with Gasteiger partial charge in [0.2, 0.25) is 5.95 Å². The molecule has 1 aromatic rings. The first kappa shape index (κ1) is 12.4. The summed E-state index contributed by atoms with van der Waals surface area (Å²) < 4.78 is 0. The molecule has 2 rings (SSSR count). The number of nitrogens with one attached hydrogen (secondary N) is 1. The number of aromatic nitrogens is 2. The van der Waals surface area contributed by atoms with Gasteiger partial charge >= 0.3 is 0 Å². The Morgan fingerprint density at radius 3 is 2.88 bits per heavy atom. The molecular formula is C11H18ClN5. The third-order valence-corrected chi connectivity index (χ3v) is 3.21. The normalized spacial score (nSPS) is 21.1. The lowest BCUT2D eigenvalue weighted by Crippen LogP contribution is -2.31. The van der Waals surface area contributed by atoms with Gasteiger partial charge in [-0.1, -0.05) is 11.6 Å². The third kappa shape index (κ3) is 3.20. The molecule has 1 saturated heterocycles. The van der Waals surface area contributed by atoms with Gasteiger partial charge < -0.3 is 11.1 Å². The Bertz CT molecular complexity index is 375. The average molecular weight is 256 g/mol. The number of hydrogen-bond acceptors (Lipinski definition) is 5. The van der Waals surface area contributed by atoms with Crippen molar-refractivity contribution in [3.05, 3.63) is 11.2 Å². The fourth-order valence-electron chi connectivity index (χ4n) is 2.09. The number of nitrogens with zero attached hydrogens (tertiary/aromatic N) is 3. The van der Waals surface area contributed by atoms with Gasteiger partial charge in [-0.05, 0) is 20.3 Å². The fraction of sp³-hybridized carbons (Fsp3) is 0.636. The molecule has 0 bridgehead atoms. The molecule has 0 aromatic carbocycles. The predicted octanol–water partition coefficient (Wildman–Crippen LogP) is 1.61. The summed E-state index contributed by atoms with van der Waals surface area (Å²) in [5.41, 5.74) is 5.55. The molecule has 2 heterocycles. The highest BCUT2D eigenvalue weighted by Gasteiger charge is 2.24. The molecule has 1 aliphatic rings. The van der Waals surface area contributed by atoms with Crippen molar-refractivity contribution >= 4 is 23.4 Å². The van der Waals surface area contributed by atoms with Crippen molar-refractivity contribution in [1.82, 2.24) is 14.9 Å². The van der Waals surface area contributed by atoms with Gasteiger partial charge in [0, 0.05) is 31.2 Å². The molecular weight excluding hydrogens is 238 g/mol. The van der Waals surface area contributed by atoms with Gasteiger partial charge in [0.15, 0.2) is 0 Å². The summed E-state index contributed by atoms with van der Waals surface area (Å²) >= 11 is 5.83. The van der Waals surface area contributed by atoms with Gasteiger partial charge in [0.05, 0.1) is 0 Å². The Labute approximate surface area is 106 Å². The number of nitrogens with two attached hydrogens (primary N) is 1. The molecule has 0 spiro atoms. The van der Waals surface area contributed by atoms with Gasteiger partial charge in [-0.25, -0.2) is 4.98 Å². The molecule has 1 atom stereocenters. The molecule has 0 aliphatic carbocycles. The number of halogens is 1. The smallest absolute Gasteiger partial charge is 0.223 e. The van der Waals surface area contributed by atoms with Crippen molar-refractivity contribution < 1.29 is 0 Å². The van der Waals surface area contributed by atoms with E-state index < -0.39 is 0 Å². The van der Waals surface area contributed by atoms with Crippen LogP contribution in [0.1, 0.15) is 20.3 Å². The second kappa shape index (κ2) is 5.06. The highest BCUT2D eigenvalue weighted by molar-refractivity contribution is 6.29. The van der Waals surface area contributed by atoms with Crippen LogP contribution < -0.4 is 11.1 Å².